The maximum atomic E-state index is 11.1. The zero-order chi connectivity index (χ0) is 10.8. The van der Waals surface area contributed by atoms with Gasteiger partial charge in [0, 0.05) is 6.07 Å². The van der Waals surface area contributed by atoms with Crippen LogP contribution in [0.25, 0.3) is 0 Å². The molecule has 6 nitrogen and oxygen atoms in total. The van der Waals surface area contributed by atoms with E-state index in [1.54, 1.807) is 6.92 Å². The van der Waals surface area contributed by atoms with E-state index in [-0.39, 0.29) is 12.2 Å². The summed E-state index contributed by atoms with van der Waals surface area (Å²) in [6.45, 7) is 1.84. The number of primary sulfonamides is 1. The Morgan fingerprint density at radius 2 is 2.29 bits per heavy atom. The normalized spacial score (nSPS) is 11.3. The van der Waals surface area contributed by atoms with E-state index in [1.807, 2.05) is 0 Å². The second-order valence-electron chi connectivity index (χ2n) is 2.42. The number of rotatable bonds is 3. The number of nitrogens with two attached hydrogens (primary N) is 1. The predicted octanol–water partition coefficient (Wildman–Crippen LogP) is 0.104. The van der Waals surface area contributed by atoms with Gasteiger partial charge in [0.05, 0.1) is 12.2 Å². The Balaban J connectivity index is 2.94. The van der Waals surface area contributed by atoms with Gasteiger partial charge in [-0.15, -0.1) is 0 Å². The van der Waals surface area contributed by atoms with E-state index in [1.165, 1.54) is 0 Å². The summed E-state index contributed by atoms with van der Waals surface area (Å²) in [6.07, 6.45) is 0.984. The van der Waals surface area contributed by atoms with E-state index >= 15 is 0 Å². The molecule has 1 rings (SSSR count). The van der Waals surface area contributed by atoms with Gasteiger partial charge in [-0.2, -0.15) is 0 Å². The molecule has 0 aliphatic heterocycles. The monoisotopic (exact) mass is 219 g/mol. The molecule has 0 saturated carbocycles. The first-order valence-electron chi connectivity index (χ1n) is 3.73. The van der Waals surface area contributed by atoms with Gasteiger partial charge < -0.3 is 9.15 Å². The number of carbonyl (C=O) groups is 1. The standard InChI is InChI=1S/C7H9NO5S/c1-2-12-7(9)5-3-6(13-4-5)14(8,10)11/h3-4H,2H2,1H3,(H2,8,10,11). The van der Waals surface area contributed by atoms with Crippen molar-refractivity contribution in [3.05, 3.63) is 17.9 Å². The van der Waals surface area contributed by atoms with E-state index < -0.39 is 21.1 Å². The van der Waals surface area contributed by atoms with Crippen molar-refractivity contribution in [2.75, 3.05) is 6.61 Å². The van der Waals surface area contributed by atoms with Crippen LogP contribution in [0.3, 0.4) is 0 Å². The molecular weight excluding hydrogens is 210 g/mol. The minimum absolute atomic E-state index is 0.0240. The molecule has 0 aliphatic rings. The van der Waals surface area contributed by atoms with Crippen molar-refractivity contribution in [2.24, 2.45) is 5.14 Å². The molecule has 0 amide bonds. The minimum Gasteiger partial charge on any atom is -0.462 e. The molecule has 0 saturated heterocycles. The second kappa shape index (κ2) is 3.81. The first-order valence-corrected chi connectivity index (χ1v) is 5.28. The summed E-state index contributed by atoms with van der Waals surface area (Å²) >= 11 is 0. The Kier molecular flexibility index (Phi) is 2.92. The molecule has 78 valence electrons. The Hall–Kier alpha value is -1.34. The number of hydrogen-bond donors (Lipinski definition) is 1. The van der Waals surface area contributed by atoms with Crippen molar-refractivity contribution in [3.8, 4) is 0 Å². The fraction of sp³-hybridized carbons (Fsp3) is 0.286. The highest BCUT2D eigenvalue weighted by atomic mass is 32.2. The van der Waals surface area contributed by atoms with Gasteiger partial charge in [-0.05, 0) is 6.92 Å². The molecule has 0 aromatic carbocycles. The van der Waals surface area contributed by atoms with Gasteiger partial charge in [0.2, 0.25) is 5.09 Å². The summed E-state index contributed by atoms with van der Waals surface area (Å²) in [7, 11) is -3.90. The highest BCUT2D eigenvalue weighted by Gasteiger charge is 2.17. The van der Waals surface area contributed by atoms with Crippen LogP contribution in [0.15, 0.2) is 21.8 Å². The van der Waals surface area contributed by atoms with E-state index in [9.17, 15) is 13.2 Å². The Bertz CT molecular complexity index is 433. The Labute approximate surface area is 80.7 Å². The number of sulfonamides is 1. The topological polar surface area (TPSA) is 99.6 Å². The van der Waals surface area contributed by atoms with Crippen LogP contribution in [0, 0.1) is 0 Å². The zero-order valence-corrected chi connectivity index (χ0v) is 8.21. The lowest BCUT2D eigenvalue weighted by Crippen LogP contribution is -2.11. The SMILES string of the molecule is CCOC(=O)c1coc(S(N)(=O)=O)c1. The smallest absolute Gasteiger partial charge is 0.341 e. The first-order chi connectivity index (χ1) is 6.45. The maximum Gasteiger partial charge on any atom is 0.341 e. The van der Waals surface area contributed by atoms with Gasteiger partial charge in [0.15, 0.2) is 0 Å². The molecule has 7 heteroatoms. The Morgan fingerprint density at radius 3 is 2.71 bits per heavy atom. The van der Waals surface area contributed by atoms with Crippen molar-refractivity contribution in [1.82, 2.24) is 0 Å². The van der Waals surface area contributed by atoms with Crippen LogP contribution < -0.4 is 5.14 Å². The molecule has 0 radical (unpaired) electrons. The van der Waals surface area contributed by atoms with E-state index in [2.05, 4.69) is 9.15 Å². The molecule has 0 fully saturated rings. The van der Waals surface area contributed by atoms with E-state index in [0.29, 0.717) is 0 Å². The van der Waals surface area contributed by atoms with Gasteiger partial charge in [0.1, 0.15) is 6.26 Å². The number of ether oxygens (including phenoxy) is 1. The highest BCUT2D eigenvalue weighted by Crippen LogP contribution is 2.12. The van der Waals surface area contributed by atoms with Crippen molar-refractivity contribution < 1.29 is 22.4 Å². The fourth-order valence-corrected chi connectivity index (χ4v) is 1.26. The number of hydrogen-bond acceptors (Lipinski definition) is 5. The number of esters is 1. The molecule has 1 aromatic rings. The summed E-state index contributed by atoms with van der Waals surface area (Å²) in [5.74, 6) is -0.647. The van der Waals surface area contributed by atoms with E-state index in [0.717, 1.165) is 12.3 Å². The van der Waals surface area contributed by atoms with Gasteiger partial charge >= 0.3 is 5.97 Å². The average Bonchev–Trinajstić information content (AvgIpc) is 2.51. The molecule has 14 heavy (non-hydrogen) atoms. The predicted molar refractivity (Wildman–Crippen MR) is 46.0 cm³/mol. The molecule has 0 atom stereocenters. The molecule has 2 N–H and O–H groups in total. The molecule has 1 heterocycles. The van der Waals surface area contributed by atoms with Crippen molar-refractivity contribution in [2.45, 2.75) is 12.0 Å². The summed E-state index contributed by atoms with van der Waals surface area (Å²) in [5, 5.41) is 4.31. The number of furan rings is 1. The van der Waals surface area contributed by atoms with Crippen molar-refractivity contribution >= 4 is 16.0 Å². The van der Waals surface area contributed by atoms with Crippen LogP contribution in [-0.2, 0) is 14.8 Å². The first kappa shape index (κ1) is 10.7. The third kappa shape index (κ3) is 2.33. The number of carbonyl (C=O) groups excluding carboxylic acids is 1. The van der Waals surface area contributed by atoms with Gasteiger partial charge in [0.25, 0.3) is 10.0 Å². The molecule has 0 unspecified atom stereocenters. The lowest BCUT2D eigenvalue weighted by atomic mass is 10.3. The highest BCUT2D eigenvalue weighted by molar-refractivity contribution is 7.89. The third-order valence-electron chi connectivity index (χ3n) is 1.37. The lowest BCUT2D eigenvalue weighted by molar-refractivity contribution is 0.0525. The second-order valence-corrected chi connectivity index (χ2v) is 3.91. The van der Waals surface area contributed by atoms with E-state index in [4.69, 9.17) is 5.14 Å². The van der Waals surface area contributed by atoms with Crippen LogP contribution in [-0.4, -0.2) is 21.0 Å². The quantitative estimate of drug-likeness (QED) is 0.727. The molecule has 0 bridgehead atoms. The maximum absolute atomic E-state index is 11.1. The van der Waals surface area contributed by atoms with Crippen LogP contribution in [0.1, 0.15) is 17.3 Å². The summed E-state index contributed by atoms with van der Waals surface area (Å²) in [4.78, 5) is 11.1. The van der Waals surface area contributed by atoms with Crippen molar-refractivity contribution in [3.63, 3.8) is 0 Å². The van der Waals surface area contributed by atoms with Gasteiger partial charge in [-0.25, -0.2) is 18.4 Å². The average molecular weight is 219 g/mol. The minimum atomic E-state index is -3.90. The van der Waals surface area contributed by atoms with Crippen LogP contribution in [0.4, 0.5) is 0 Å². The summed E-state index contributed by atoms with van der Waals surface area (Å²) in [5.41, 5.74) is 0.0240. The summed E-state index contributed by atoms with van der Waals surface area (Å²) < 4.78 is 30.7. The fourth-order valence-electron chi connectivity index (χ4n) is 0.787. The lowest BCUT2D eigenvalue weighted by Gasteiger charge is -1.95. The zero-order valence-electron chi connectivity index (χ0n) is 7.39. The van der Waals surface area contributed by atoms with Crippen LogP contribution >= 0.6 is 0 Å². The van der Waals surface area contributed by atoms with Crippen molar-refractivity contribution in [1.29, 1.82) is 0 Å². The summed E-state index contributed by atoms with van der Waals surface area (Å²) in [6, 6.07) is 1.02. The van der Waals surface area contributed by atoms with Gasteiger partial charge in [-0.1, -0.05) is 0 Å². The third-order valence-corrected chi connectivity index (χ3v) is 2.14. The largest absolute Gasteiger partial charge is 0.462 e. The molecule has 1 aromatic heterocycles. The molecule has 0 spiro atoms. The van der Waals surface area contributed by atoms with Crippen LogP contribution in [0.5, 0.6) is 0 Å². The molecular formula is C7H9NO5S. The Morgan fingerprint density at radius 1 is 1.64 bits per heavy atom. The van der Waals surface area contributed by atoms with Crippen LogP contribution in [0.2, 0.25) is 0 Å². The van der Waals surface area contributed by atoms with Gasteiger partial charge in [-0.3, -0.25) is 0 Å². The molecule has 0 aliphatic carbocycles.